The quantitative estimate of drug-likeness (QED) is 0.598. The van der Waals surface area contributed by atoms with Gasteiger partial charge in [0.15, 0.2) is 5.54 Å². The van der Waals surface area contributed by atoms with Gasteiger partial charge in [-0.15, -0.1) is 0 Å². The molecule has 2 aromatic carbocycles. The van der Waals surface area contributed by atoms with Crippen molar-refractivity contribution in [3.8, 4) is 5.75 Å². The highest BCUT2D eigenvalue weighted by Gasteiger charge is 2.53. The number of amides is 3. The molecule has 1 saturated heterocycles. The lowest BCUT2D eigenvalue weighted by Crippen LogP contribution is -2.48. The molecule has 2 aromatic rings. The molecule has 0 aliphatic carbocycles. The Morgan fingerprint density at radius 3 is 2.71 bits per heavy atom. The summed E-state index contributed by atoms with van der Waals surface area (Å²) in [5.74, 6) is -0.376. The fraction of sp³-hybridized carbons (Fsp3) is 0.176. The average Bonchev–Trinajstić information content (AvgIpc) is 2.82. The number of imide groups is 1. The van der Waals surface area contributed by atoms with Crippen molar-refractivity contribution in [2.24, 2.45) is 0 Å². The Labute approximate surface area is 138 Å². The van der Waals surface area contributed by atoms with Crippen molar-refractivity contribution < 1.29 is 18.7 Å². The number of carbonyl (C=O) groups excluding carboxylic acids is 2. The maximum atomic E-state index is 14.2. The second-order valence-corrected chi connectivity index (χ2v) is 6.15. The van der Waals surface area contributed by atoms with E-state index in [4.69, 9.17) is 4.74 Å². The first-order chi connectivity index (χ1) is 11.5. The van der Waals surface area contributed by atoms with Crippen molar-refractivity contribution in [2.45, 2.75) is 18.1 Å². The van der Waals surface area contributed by atoms with Crippen LogP contribution < -0.4 is 20.8 Å². The van der Waals surface area contributed by atoms with Crippen LogP contribution in [0.15, 0.2) is 42.5 Å². The van der Waals surface area contributed by atoms with Crippen LogP contribution in [0, 0.1) is 5.82 Å². The molecule has 2 heterocycles. The Morgan fingerprint density at radius 1 is 1.21 bits per heavy atom. The van der Waals surface area contributed by atoms with Gasteiger partial charge in [0, 0.05) is 17.5 Å². The lowest BCUT2D eigenvalue weighted by atomic mass is 9.78. The molecule has 4 rings (SSSR count). The van der Waals surface area contributed by atoms with Gasteiger partial charge in [0.25, 0.3) is 5.91 Å². The molecule has 2 atom stereocenters. The van der Waals surface area contributed by atoms with Gasteiger partial charge in [-0.05, 0) is 12.1 Å². The van der Waals surface area contributed by atoms with E-state index in [1.54, 1.807) is 24.3 Å². The first kappa shape index (κ1) is 14.7. The van der Waals surface area contributed by atoms with E-state index in [1.165, 1.54) is 6.07 Å². The van der Waals surface area contributed by atoms with Crippen LogP contribution in [0.4, 0.5) is 9.18 Å². The number of hydrogen-bond acceptors (Lipinski definition) is 3. The van der Waals surface area contributed by atoms with E-state index in [1.807, 2.05) is 20.0 Å². The van der Waals surface area contributed by atoms with Gasteiger partial charge in [-0.3, -0.25) is 10.1 Å². The van der Waals surface area contributed by atoms with E-state index in [9.17, 15) is 14.0 Å². The van der Waals surface area contributed by atoms with Gasteiger partial charge in [0.1, 0.15) is 25.5 Å². The van der Waals surface area contributed by atoms with E-state index in [2.05, 4.69) is 10.6 Å². The molecule has 2 aliphatic heterocycles. The van der Waals surface area contributed by atoms with E-state index in [-0.39, 0.29) is 6.42 Å². The van der Waals surface area contributed by atoms with E-state index in [0.717, 1.165) is 5.46 Å². The summed E-state index contributed by atoms with van der Waals surface area (Å²) in [7, 11) is 1.89. The first-order valence-corrected chi connectivity index (χ1v) is 7.65. The maximum absolute atomic E-state index is 14.2. The van der Waals surface area contributed by atoms with Crippen molar-refractivity contribution in [1.82, 2.24) is 10.6 Å². The van der Waals surface area contributed by atoms with Crippen molar-refractivity contribution >= 4 is 25.2 Å². The van der Waals surface area contributed by atoms with E-state index >= 15 is 0 Å². The molecule has 24 heavy (non-hydrogen) atoms. The van der Waals surface area contributed by atoms with Gasteiger partial charge in [-0.25, -0.2) is 9.18 Å². The maximum Gasteiger partial charge on any atom is 0.322 e. The number of fused-ring (bicyclic) bond motifs is 2. The second-order valence-electron chi connectivity index (χ2n) is 6.15. The minimum absolute atomic E-state index is 0.127. The Balaban J connectivity index is 1.87. The molecular weight excluding hydrogens is 310 g/mol. The molecular formula is C17H14BFN2O3. The third kappa shape index (κ3) is 2.08. The molecule has 0 radical (unpaired) electrons. The predicted molar refractivity (Wildman–Crippen MR) is 87.4 cm³/mol. The van der Waals surface area contributed by atoms with Gasteiger partial charge in [-0.2, -0.15) is 0 Å². The van der Waals surface area contributed by atoms with Crippen LogP contribution in [0.2, 0.25) is 0 Å². The molecule has 2 aliphatic rings. The Kier molecular flexibility index (Phi) is 3.13. The summed E-state index contributed by atoms with van der Waals surface area (Å²) in [6.45, 7) is 0. The van der Waals surface area contributed by atoms with Crippen LogP contribution in [0.1, 0.15) is 23.7 Å². The number of nitrogens with one attached hydrogen (secondary N) is 2. The Bertz CT molecular complexity index is 873. The number of rotatable bonds is 1. The molecule has 7 heteroatoms. The minimum atomic E-state index is -1.25. The predicted octanol–water partition coefficient (Wildman–Crippen LogP) is 0.643. The number of halogens is 1. The summed E-state index contributed by atoms with van der Waals surface area (Å²) in [6.07, 6.45) is -0.548. The lowest BCUT2D eigenvalue weighted by molar-refractivity contribution is -0.126. The van der Waals surface area contributed by atoms with Crippen LogP contribution in [0.5, 0.6) is 5.75 Å². The Morgan fingerprint density at radius 2 is 2.00 bits per heavy atom. The van der Waals surface area contributed by atoms with E-state index < -0.39 is 29.4 Å². The highest BCUT2D eigenvalue weighted by molar-refractivity contribution is 6.32. The lowest BCUT2D eigenvalue weighted by Gasteiger charge is -2.38. The molecule has 120 valence electrons. The smallest absolute Gasteiger partial charge is 0.322 e. The molecule has 0 saturated carbocycles. The largest absolute Gasteiger partial charge is 0.485 e. The van der Waals surface area contributed by atoms with Crippen molar-refractivity contribution in [3.05, 3.63) is 59.4 Å². The molecule has 5 nitrogen and oxygen atoms in total. The summed E-state index contributed by atoms with van der Waals surface area (Å²) in [4.78, 5) is 24.3. The molecule has 1 fully saturated rings. The molecule has 2 unspecified atom stereocenters. The van der Waals surface area contributed by atoms with Crippen LogP contribution in [-0.4, -0.2) is 19.8 Å². The summed E-state index contributed by atoms with van der Waals surface area (Å²) in [5.41, 5.74) is 0.648. The standard InChI is InChI=1S/C17H14BFN2O3/c18-9-5-6-13-11(7-9)17(15(22)20-16(23)21-17)8-14(24-13)10-3-1-2-4-12(10)19/h1-7,14H,8,18H2,(H2,20,21,22,23). The average molecular weight is 324 g/mol. The van der Waals surface area contributed by atoms with Gasteiger partial charge >= 0.3 is 6.03 Å². The summed E-state index contributed by atoms with van der Waals surface area (Å²) in [6, 6.07) is 11.2. The molecule has 2 N–H and O–H groups in total. The number of urea groups is 1. The van der Waals surface area contributed by atoms with Gasteiger partial charge in [-0.1, -0.05) is 35.8 Å². The summed E-state index contributed by atoms with van der Waals surface area (Å²) >= 11 is 0. The summed E-state index contributed by atoms with van der Waals surface area (Å²) in [5, 5.41) is 5.01. The number of benzene rings is 2. The topological polar surface area (TPSA) is 67.4 Å². The molecule has 0 aromatic heterocycles. The third-order valence-corrected chi connectivity index (χ3v) is 4.55. The summed E-state index contributed by atoms with van der Waals surface area (Å²) < 4.78 is 20.1. The third-order valence-electron chi connectivity index (χ3n) is 4.55. The zero-order valence-corrected chi connectivity index (χ0v) is 12.9. The minimum Gasteiger partial charge on any atom is -0.485 e. The van der Waals surface area contributed by atoms with Crippen LogP contribution in [0.25, 0.3) is 0 Å². The van der Waals surface area contributed by atoms with Gasteiger partial charge in [0.05, 0.1) is 0 Å². The Hall–Kier alpha value is -2.83. The number of carbonyl (C=O) groups is 2. The fourth-order valence-electron chi connectivity index (χ4n) is 3.40. The van der Waals surface area contributed by atoms with Crippen molar-refractivity contribution in [1.29, 1.82) is 0 Å². The number of hydrogen-bond donors (Lipinski definition) is 2. The van der Waals surface area contributed by atoms with Crippen LogP contribution >= 0.6 is 0 Å². The fourth-order valence-corrected chi connectivity index (χ4v) is 3.40. The van der Waals surface area contributed by atoms with Crippen molar-refractivity contribution in [2.75, 3.05) is 0 Å². The number of ether oxygens (including phenoxy) is 1. The second kappa shape index (κ2) is 5.09. The zero-order valence-electron chi connectivity index (χ0n) is 12.9. The van der Waals surface area contributed by atoms with Crippen LogP contribution in [0.3, 0.4) is 0 Å². The monoisotopic (exact) mass is 324 g/mol. The SMILES string of the molecule is Bc1ccc2c(c1)C1(CC(c3ccccc3F)O2)NC(=O)NC1=O. The van der Waals surface area contributed by atoms with Gasteiger partial charge < -0.3 is 10.1 Å². The van der Waals surface area contributed by atoms with Crippen LogP contribution in [-0.2, 0) is 10.3 Å². The molecule has 1 spiro atoms. The highest BCUT2D eigenvalue weighted by atomic mass is 19.1. The zero-order chi connectivity index (χ0) is 16.9. The van der Waals surface area contributed by atoms with Gasteiger partial charge in [0.2, 0.25) is 0 Å². The molecule has 0 bridgehead atoms. The highest BCUT2D eigenvalue weighted by Crippen LogP contribution is 2.45. The normalized spacial score (nSPS) is 25.0. The van der Waals surface area contributed by atoms with E-state index in [0.29, 0.717) is 16.9 Å². The van der Waals surface area contributed by atoms with Crippen molar-refractivity contribution in [3.63, 3.8) is 0 Å². The molecule has 3 amide bonds. The first-order valence-electron chi connectivity index (χ1n) is 7.65.